The van der Waals surface area contributed by atoms with Gasteiger partial charge in [0.05, 0.1) is 0 Å². The Morgan fingerprint density at radius 1 is 1.50 bits per heavy atom. The molecule has 0 aromatic carbocycles. The smallest absolute Gasteiger partial charge is 0.277 e. The largest absolute Gasteiger partial charge is 0.379 e. The van der Waals surface area contributed by atoms with Crippen molar-refractivity contribution < 1.29 is 9.42 Å². The van der Waals surface area contributed by atoms with Gasteiger partial charge in [0.25, 0.3) is 5.91 Å². The van der Waals surface area contributed by atoms with Gasteiger partial charge in [0.15, 0.2) is 0 Å². The van der Waals surface area contributed by atoms with Crippen LogP contribution in [0.5, 0.6) is 0 Å². The first kappa shape index (κ1) is 12.5. The van der Waals surface area contributed by atoms with Gasteiger partial charge < -0.3 is 11.1 Å². The molecule has 0 aliphatic rings. The summed E-state index contributed by atoms with van der Waals surface area (Å²) in [6, 6.07) is 0.0820. The first-order valence-electron chi connectivity index (χ1n) is 5.43. The third-order valence-electron chi connectivity index (χ3n) is 2.56. The van der Waals surface area contributed by atoms with Gasteiger partial charge in [-0.2, -0.15) is 0 Å². The van der Waals surface area contributed by atoms with Gasteiger partial charge >= 0.3 is 0 Å². The summed E-state index contributed by atoms with van der Waals surface area (Å²) in [5, 5.41) is 9.60. The molecule has 1 rings (SSSR count). The first-order chi connectivity index (χ1) is 7.54. The standard InChI is InChI=1S/C10H18N4O2/c1-4-6(2)5-7(3)12-10(15)8-9(11)14-16-13-8/h6-7H,4-5H2,1-3H3,(H2,11,14)(H,12,15). The molecule has 3 N–H and O–H groups in total. The number of anilines is 1. The predicted molar refractivity (Wildman–Crippen MR) is 59.7 cm³/mol. The Hall–Kier alpha value is -1.59. The summed E-state index contributed by atoms with van der Waals surface area (Å²) in [5.41, 5.74) is 5.47. The van der Waals surface area contributed by atoms with Crippen molar-refractivity contribution in [2.45, 2.75) is 39.7 Å². The van der Waals surface area contributed by atoms with Crippen molar-refractivity contribution in [1.29, 1.82) is 0 Å². The molecule has 0 bridgehead atoms. The van der Waals surface area contributed by atoms with E-state index in [0.29, 0.717) is 5.92 Å². The Balaban J connectivity index is 2.49. The van der Waals surface area contributed by atoms with Crippen LogP contribution >= 0.6 is 0 Å². The lowest BCUT2D eigenvalue weighted by molar-refractivity contribution is 0.0926. The van der Waals surface area contributed by atoms with E-state index < -0.39 is 0 Å². The highest BCUT2D eigenvalue weighted by atomic mass is 16.6. The number of nitrogens with one attached hydrogen (secondary N) is 1. The van der Waals surface area contributed by atoms with E-state index in [9.17, 15) is 4.79 Å². The van der Waals surface area contributed by atoms with Crippen molar-refractivity contribution in [2.24, 2.45) is 5.92 Å². The van der Waals surface area contributed by atoms with Gasteiger partial charge in [-0.1, -0.05) is 20.3 Å². The number of nitrogens with zero attached hydrogens (tertiary/aromatic N) is 2. The normalized spacial score (nSPS) is 14.4. The molecule has 0 aliphatic carbocycles. The summed E-state index contributed by atoms with van der Waals surface area (Å²) in [7, 11) is 0. The van der Waals surface area contributed by atoms with Crippen molar-refractivity contribution in [2.75, 3.05) is 5.73 Å². The Morgan fingerprint density at radius 3 is 2.69 bits per heavy atom. The van der Waals surface area contributed by atoms with Gasteiger partial charge in [0.1, 0.15) is 0 Å². The maximum absolute atomic E-state index is 11.7. The highest BCUT2D eigenvalue weighted by Crippen LogP contribution is 2.10. The molecule has 6 heteroatoms. The SMILES string of the molecule is CCC(C)CC(C)NC(=O)c1nonc1N. The minimum Gasteiger partial charge on any atom is -0.379 e. The maximum Gasteiger partial charge on any atom is 0.277 e. The minimum absolute atomic E-state index is 0.0215. The van der Waals surface area contributed by atoms with E-state index >= 15 is 0 Å². The Bertz CT molecular complexity index is 350. The number of rotatable bonds is 5. The highest BCUT2D eigenvalue weighted by Gasteiger charge is 2.18. The second-order valence-electron chi connectivity index (χ2n) is 4.12. The van der Waals surface area contributed by atoms with Gasteiger partial charge in [0, 0.05) is 6.04 Å². The maximum atomic E-state index is 11.7. The molecule has 2 atom stereocenters. The van der Waals surface area contributed by atoms with Crippen molar-refractivity contribution in [1.82, 2.24) is 15.6 Å². The molecule has 2 unspecified atom stereocenters. The van der Waals surface area contributed by atoms with Crippen LogP contribution < -0.4 is 11.1 Å². The van der Waals surface area contributed by atoms with Crippen LogP contribution in [0.25, 0.3) is 0 Å². The number of hydrogen-bond donors (Lipinski definition) is 2. The zero-order valence-electron chi connectivity index (χ0n) is 9.86. The van der Waals surface area contributed by atoms with Crippen LogP contribution in [-0.2, 0) is 0 Å². The zero-order valence-corrected chi connectivity index (χ0v) is 9.86. The van der Waals surface area contributed by atoms with Crippen LogP contribution in [0.3, 0.4) is 0 Å². The van der Waals surface area contributed by atoms with E-state index in [4.69, 9.17) is 5.73 Å². The molecule has 90 valence electrons. The summed E-state index contributed by atoms with van der Waals surface area (Å²) < 4.78 is 4.36. The molecule has 1 amide bonds. The summed E-state index contributed by atoms with van der Waals surface area (Å²) in [4.78, 5) is 11.7. The summed E-state index contributed by atoms with van der Waals surface area (Å²) in [6.07, 6.45) is 2.02. The molecule has 16 heavy (non-hydrogen) atoms. The van der Waals surface area contributed by atoms with Gasteiger partial charge in [-0.15, -0.1) is 0 Å². The van der Waals surface area contributed by atoms with Crippen molar-refractivity contribution in [3.05, 3.63) is 5.69 Å². The van der Waals surface area contributed by atoms with Gasteiger partial charge in [-0.05, 0) is 29.6 Å². The molecule has 1 aromatic heterocycles. The average molecular weight is 226 g/mol. The van der Waals surface area contributed by atoms with Crippen LogP contribution in [0.2, 0.25) is 0 Å². The van der Waals surface area contributed by atoms with Gasteiger partial charge in [-0.25, -0.2) is 4.63 Å². The Labute approximate surface area is 94.5 Å². The molecule has 6 nitrogen and oxygen atoms in total. The molecule has 1 aromatic rings. The van der Waals surface area contributed by atoms with Crippen LogP contribution in [0.15, 0.2) is 4.63 Å². The molecular weight excluding hydrogens is 208 g/mol. The third-order valence-corrected chi connectivity index (χ3v) is 2.56. The number of carbonyl (C=O) groups excluding carboxylic acids is 1. The number of hydrogen-bond acceptors (Lipinski definition) is 5. The lowest BCUT2D eigenvalue weighted by Gasteiger charge is -2.16. The number of carbonyl (C=O) groups is 1. The lowest BCUT2D eigenvalue weighted by Crippen LogP contribution is -2.34. The molecule has 0 aliphatic heterocycles. The van der Waals surface area contributed by atoms with Crippen molar-refractivity contribution in [3.63, 3.8) is 0 Å². The van der Waals surface area contributed by atoms with Crippen molar-refractivity contribution >= 4 is 11.7 Å². The fraction of sp³-hybridized carbons (Fsp3) is 0.700. The van der Waals surface area contributed by atoms with Crippen LogP contribution in [0.1, 0.15) is 44.1 Å². The van der Waals surface area contributed by atoms with Crippen LogP contribution in [0.4, 0.5) is 5.82 Å². The second kappa shape index (κ2) is 5.48. The summed E-state index contributed by atoms with van der Waals surface area (Å²) in [6.45, 7) is 6.22. The average Bonchev–Trinajstić information content (AvgIpc) is 2.63. The number of aromatic nitrogens is 2. The Morgan fingerprint density at radius 2 is 2.19 bits per heavy atom. The van der Waals surface area contributed by atoms with Crippen molar-refractivity contribution in [3.8, 4) is 0 Å². The van der Waals surface area contributed by atoms with E-state index in [0.717, 1.165) is 12.8 Å². The fourth-order valence-corrected chi connectivity index (χ4v) is 1.47. The molecular formula is C10H18N4O2. The van der Waals surface area contributed by atoms with E-state index in [1.165, 1.54) is 0 Å². The first-order valence-corrected chi connectivity index (χ1v) is 5.43. The van der Waals surface area contributed by atoms with E-state index in [1.54, 1.807) is 0 Å². The topological polar surface area (TPSA) is 94.0 Å². The quantitative estimate of drug-likeness (QED) is 0.786. The van der Waals surface area contributed by atoms with E-state index in [1.807, 2.05) is 6.92 Å². The van der Waals surface area contributed by atoms with E-state index in [-0.39, 0.29) is 23.5 Å². The second-order valence-corrected chi connectivity index (χ2v) is 4.12. The van der Waals surface area contributed by atoms with E-state index in [2.05, 4.69) is 34.1 Å². The number of nitrogen functional groups attached to an aromatic ring is 1. The van der Waals surface area contributed by atoms with Gasteiger partial charge in [-0.3, -0.25) is 4.79 Å². The number of nitrogens with two attached hydrogens (primary N) is 1. The summed E-state index contributed by atoms with van der Waals surface area (Å²) in [5.74, 6) is 0.255. The summed E-state index contributed by atoms with van der Waals surface area (Å²) >= 11 is 0. The Kier molecular flexibility index (Phi) is 4.28. The highest BCUT2D eigenvalue weighted by molar-refractivity contribution is 5.96. The molecule has 1 heterocycles. The fourth-order valence-electron chi connectivity index (χ4n) is 1.47. The minimum atomic E-state index is -0.338. The molecule has 0 saturated carbocycles. The monoisotopic (exact) mass is 226 g/mol. The zero-order chi connectivity index (χ0) is 12.1. The molecule has 0 spiro atoms. The predicted octanol–water partition coefficient (Wildman–Crippen LogP) is 1.21. The molecule has 0 fully saturated rings. The third kappa shape index (κ3) is 3.22. The lowest BCUT2D eigenvalue weighted by atomic mass is 10.0. The molecule has 0 radical (unpaired) electrons. The number of amides is 1. The van der Waals surface area contributed by atoms with Crippen LogP contribution in [-0.4, -0.2) is 22.3 Å². The van der Waals surface area contributed by atoms with Gasteiger partial charge in [0.2, 0.25) is 11.5 Å². The molecule has 0 saturated heterocycles. The van der Waals surface area contributed by atoms with Crippen LogP contribution in [0, 0.1) is 5.92 Å².